The minimum absolute atomic E-state index is 0.0197. The number of sulfonamides is 1. The molecule has 0 spiro atoms. The van der Waals surface area contributed by atoms with Crippen molar-refractivity contribution in [2.24, 2.45) is 0 Å². The first kappa shape index (κ1) is 23.6. The molecule has 0 saturated heterocycles. The third kappa shape index (κ3) is 5.03. The Morgan fingerprint density at radius 3 is 2.47 bits per heavy atom. The van der Waals surface area contributed by atoms with E-state index in [1.54, 1.807) is 35.2 Å². The molecule has 0 aliphatic carbocycles. The van der Waals surface area contributed by atoms with E-state index < -0.39 is 10.0 Å². The normalized spacial score (nSPS) is 15.2. The second kappa shape index (κ2) is 9.58. The molecule has 1 heterocycles. The molecule has 2 aromatic carbocycles. The van der Waals surface area contributed by atoms with Crippen molar-refractivity contribution in [1.82, 2.24) is 4.72 Å². The zero-order valence-electron chi connectivity index (χ0n) is 18.5. The van der Waals surface area contributed by atoms with Gasteiger partial charge in [0.2, 0.25) is 21.8 Å². The first-order chi connectivity index (χ1) is 15.2. The Bertz CT molecular complexity index is 1130. The highest BCUT2D eigenvalue weighted by Crippen LogP contribution is 2.34. The largest absolute Gasteiger partial charge is 0.493 e. The molecule has 1 aliphatic heterocycles. The molecule has 0 bridgehead atoms. The van der Waals surface area contributed by atoms with Crippen molar-refractivity contribution in [3.63, 3.8) is 0 Å². The van der Waals surface area contributed by atoms with Crippen LogP contribution in [0.2, 0.25) is 0 Å². The van der Waals surface area contributed by atoms with E-state index in [-0.39, 0.29) is 35.7 Å². The Hall–Kier alpha value is -3.11. The second-order valence-electron chi connectivity index (χ2n) is 7.50. The minimum atomic E-state index is -3.80. The number of hydrogen-bond donors (Lipinski definition) is 2. The lowest BCUT2D eigenvalue weighted by atomic mass is 10.1. The number of nitrogens with zero attached hydrogens (tertiary/aromatic N) is 1. The van der Waals surface area contributed by atoms with Crippen LogP contribution in [0.3, 0.4) is 0 Å². The standard InChI is InChI=1S/C22H27N3O6S/c1-14-11-16-12-18(6-7-19(16)25(14)15(2)26)32(28,29)23-10-9-22(27)24-17-5-8-20(30-3)21(13-17)31-4/h5-8,12-14,23H,9-11H2,1-4H3,(H,24,27)/t14-/m1/s1. The summed E-state index contributed by atoms with van der Waals surface area (Å²) in [6, 6.07) is 9.64. The van der Waals surface area contributed by atoms with Crippen molar-refractivity contribution < 1.29 is 27.5 Å². The molecule has 2 aromatic rings. The molecule has 2 N–H and O–H groups in total. The van der Waals surface area contributed by atoms with Gasteiger partial charge in [0.05, 0.1) is 19.1 Å². The number of nitrogens with one attached hydrogen (secondary N) is 2. The molecule has 0 unspecified atom stereocenters. The van der Waals surface area contributed by atoms with Gasteiger partial charge in [0.25, 0.3) is 0 Å². The molecule has 1 aliphatic rings. The highest BCUT2D eigenvalue weighted by molar-refractivity contribution is 7.89. The summed E-state index contributed by atoms with van der Waals surface area (Å²) in [4.78, 5) is 25.8. The number of rotatable bonds is 8. The molecular weight excluding hydrogens is 434 g/mol. The maximum atomic E-state index is 12.7. The van der Waals surface area contributed by atoms with Gasteiger partial charge < -0.3 is 19.7 Å². The van der Waals surface area contributed by atoms with Crippen molar-refractivity contribution in [2.45, 2.75) is 37.6 Å². The SMILES string of the molecule is COc1ccc(NC(=O)CCNS(=O)(=O)c2ccc3c(c2)C[C@@H](C)N3C(C)=O)cc1OC. The van der Waals surface area contributed by atoms with Crippen LogP contribution in [0.5, 0.6) is 11.5 Å². The van der Waals surface area contributed by atoms with E-state index in [0.717, 1.165) is 11.3 Å². The molecule has 3 rings (SSSR count). The summed E-state index contributed by atoms with van der Waals surface area (Å²) in [7, 11) is -0.783. The number of carbonyl (C=O) groups excluding carboxylic acids is 2. The molecule has 9 nitrogen and oxygen atoms in total. The minimum Gasteiger partial charge on any atom is -0.493 e. The maximum Gasteiger partial charge on any atom is 0.240 e. The van der Waals surface area contributed by atoms with Gasteiger partial charge in [-0.2, -0.15) is 0 Å². The zero-order chi connectivity index (χ0) is 23.5. The van der Waals surface area contributed by atoms with E-state index in [4.69, 9.17) is 9.47 Å². The van der Waals surface area contributed by atoms with Crippen molar-refractivity contribution in [3.8, 4) is 11.5 Å². The Kier molecular flexibility index (Phi) is 7.05. The molecule has 0 radical (unpaired) electrons. The number of ether oxygens (including phenoxy) is 2. The van der Waals surface area contributed by atoms with Crippen molar-refractivity contribution in [2.75, 3.05) is 31.0 Å². The molecular formula is C22H27N3O6S. The van der Waals surface area contributed by atoms with E-state index >= 15 is 0 Å². The summed E-state index contributed by atoms with van der Waals surface area (Å²) in [5.74, 6) is 0.582. The molecule has 172 valence electrons. The van der Waals surface area contributed by atoms with Crippen molar-refractivity contribution in [3.05, 3.63) is 42.0 Å². The van der Waals surface area contributed by atoms with Crippen LogP contribution in [0.1, 0.15) is 25.8 Å². The fourth-order valence-electron chi connectivity index (χ4n) is 3.77. The molecule has 32 heavy (non-hydrogen) atoms. The predicted octanol–water partition coefficient (Wildman–Crippen LogP) is 2.31. The van der Waals surface area contributed by atoms with Crippen LogP contribution >= 0.6 is 0 Å². The lowest BCUT2D eigenvalue weighted by molar-refractivity contribution is -0.117. The Balaban J connectivity index is 1.60. The average Bonchev–Trinajstić information content (AvgIpc) is 3.08. The van der Waals surface area contributed by atoms with E-state index in [9.17, 15) is 18.0 Å². The fraction of sp³-hybridized carbons (Fsp3) is 0.364. The summed E-state index contributed by atoms with van der Waals surface area (Å²) >= 11 is 0. The zero-order valence-corrected chi connectivity index (χ0v) is 19.3. The van der Waals surface area contributed by atoms with Gasteiger partial charge in [-0.3, -0.25) is 9.59 Å². The number of carbonyl (C=O) groups is 2. The second-order valence-corrected chi connectivity index (χ2v) is 9.27. The van der Waals surface area contributed by atoms with Crippen LogP contribution in [0.15, 0.2) is 41.3 Å². The number of amides is 2. The number of anilines is 2. The molecule has 1 atom stereocenters. The van der Waals surface area contributed by atoms with Gasteiger partial charge in [-0.25, -0.2) is 13.1 Å². The van der Waals surface area contributed by atoms with Gasteiger partial charge in [0, 0.05) is 43.4 Å². The van der Waals surface area contributed by atoms with Gasteiger partial charge in [0.15, 0.2) is 11.5 Å². The fourth-order valence-corrected chi connectivity index (χ4v) is 4.86. The van der Waals surface area contributed by atoms with E-state index in [1.807, 2.05) is 6.92 Å². The summed E-state index contributed by atoms with van der Waals surface area (Å²) in [5, 5.41) is 2.70. The lowest BCUT2D eigenvalue weighted by Crippen LogP contribution is -2.33. The van der Waals surface area contributed by atoms with Gasteiger partial charge in [-0.15, -0.1) is 0 Å². The smallest absolute Gasteiger partial charge is 0.240 e. The lowest BCUT2D eigenvalue weighted by Gasteiger charge is -2.20. The molecule has 0 saturated carbocycles. The monoisotopic (exact) mass is 461 g/mol. The number of benzene rings is 2. The summed E-state index contributed by atoms with van der Waals surface area (Å²) < 4.78 is 38.2. The Morgan fingerprint density at radius 2 is 1.81 bits per heavy atom. The summed E-state index contributed by atoms with van der Waals surface area (Å²) in [5.41, 5.74) is 2.05. The summed E-state index contributed by atoms with van der Waals surface area (Å²) in [6.45, 7) is 3.35. The van der Waals surface area contributed by atoms with Crippen LogP contribution in [-0.2, 0) is 26.0 Å². The Labute approximate surface area is 187 Å². The molecule has 0 fully saturated rings. The third-order valence-electron chi connectivity index (χ3n) is 5.23. The van der Waals surface area contributed by atoms with Crippen molar-refractivity contribution in [1.29, 1.82) is 0 Å². The van der Waals surface area contributed by atoms with Crippen LogP contribution in [0.25, 0.3) is 0 Å². The van der Waals surface area contributed by atoms with E-state index in [1.165, 1.54) is 27.2 Å². The average molecular weight is 462 g/mol. The van der Waals surface area contributed by atoms with E-state index in [0.29, 0.717) is 23.6 Å². The Morgan fingerprint density at radius 1 is 1.09 bits per heavy atom. The number of fused-ring (bicyclic) bond motifs is 1. The van der Waals surface area contributed by atoms with Crippen molar-refractivity contribution >= 4 is 33.2 Å². The number of hydrogen-bond acceptors (Lipinski definition) is 6. The number of methoxy groups -OCH3 is 2. The van der Waals surface area contributed by atoms with Crippen LogP contribution < -0.4 is 24.4 Å². The van der Waals surface area contributed by atoms with Crippen LogP contribution in [-0.4, -0.2) is 47.0 Å². The van der Waals surface area contributed by atoms with Gasteiger partial charge in [0.1, 0.15) is 0 Å². The molecule has 0 aromatic heterocycles. The third-order valence-corrected chi connectivity index (χ3v) is 6.69. The van der Waals surface area contributed by atoms with Gasteiger partial charge >= 0.3 is 0 Å². The predicted molar refractivity (Wildman–Crippen MR) is 121 cm³/mol. The van der Waals surface area contributed by atoms with E-state index in [2.05, 4.69) is 10.0 Å². The molecule has 2 amide bonds. The summed E-state index contributed by atoms with van der Waals surface area (Å²) in [6.07, 6.45) is 0.541. The topological polar surface area (TPSA) is 114 Å². The molecule has 10 heteroatoms. The maximum absolute atomic E-state index is 12.7. The van der Waals surface area contributed by atoms with Gasteiger partial charge in [-0.05, 0) is 49.2 Å². The highest BCUT2D eigenvalue weighted by atomic mass is 32.2. The first-order valence-corrected chi connectivity index (χ1v) is 11.6. The van der Waals surface area contributed by atoms with Gasteiger partial charge in [-0.1, -0.05) is 0 Å². The van der Waals surface area contributed by atoms with Crippen LogP contribution in [0, 0.1) is 0 Å². The quantitative estimate of drug-likeness (QED) is 0.624. The highest BCUT2D eigenvalue weighted by Gasteiger charge is 2.30. The van der Waals surface area contributed by atoms with Crippen LogP contribution in [0.4, 0.5) is 11.4 Å². The first-order valence-electron chi connectivity index (χ1n) is 10.1.